The summed E-state index contributed by atoms with van der Waals surface area (Å²) in [5, 5.41) is 8.61. The molecule has 0 fully saturated rings. The summed E-state index contributed by atoms with van der Waals surface area (Å²) in [7, 11) is 1.38. The highest BCUT2D eigenvalue weighted by Crippen LogP contribution is 2.23. The van der Waals surface area contributed by atoms with Crippen LogP contribution in [-0.4, -0.2) is 13.1 Å². The Bertz CT molecular complexity index is 239. The molecule has 2 atom stereocenters. The van der Waals surface area contributed by atoms with Crippen molar-refractivity contribution in [3.8, 4) is 6.07 Å². The van der Waals surface area contributed by atoms with Crippen molar-refractivity contribution in [1.82, 2.24) is 0 Å². The first-order valence-corrected chi connectivity index (χ1v) is 3.92. The fraction of sp³-hybridized carbons (Fsp3) is 0.556. The normalized spacial score (nSPS) is 27.7. The lowest BCUT2D eigenvalue weighted by atomic mass is 9.87. The van der Waals surface area contributed by atoms with Crippen LogP contribution in [0.25, 0.3) is 0 Å². The zero-order valence-corrected chi connectivity index (χ0v) is 6.99. The van der Waals surface area contributed by atoms with E-state index in [1.807, 2.05) is 12.2 Å². The number of hydrogen-bond donors (Lipinski definition) is 0. The number of ether oxygens (including phenoxy) is 1. The Hall–Kier alpha value is -1.30. The van der Waals surface area contributed by atoms with E-state index in [1.165, 1.54) is 7.11 Å². The van der Waals surface area contributed by atoms with E-state index >= 15 is 0 Å². The number of rotatable bonds is 1. The summed E-state index contributed by atoms with van der Waals surface area (Å²) in [6.07, 6.45) is 5.02. The van der Waals surface area contributed by atoms with E-state index in [-0.39, 0.29) is 17.8 Å². The van der Waals surface area contributed by atoms with E-state index in [0.717, 1.165) is 0 Å². The van der Waals surface area contributed by atoms with Gasteiger partial charge in [-0.15, -0.1) is 0 Å². The largest absolute Gasteiger partial charge is 0.469 e. The molecule has 12 heavy (non-hydrogen) atoms. The van der Waals surface area contributed by atoms with Crippen LogP contribution in [0.5, 0.6) is 0 Å². The van der Waals surface area contributed by atoms with E-state index < -0.39 is 0 Å². The highest BCUT2D eigenvalue weighted by atomic mass is 16.5. The fourth-order valence-electron chi connectivity index (χ4n) is 1.34. The molecule has 0 aromatic heterocycles. The number of esters is 1. The van der Waals surface area contributed by atoms with Crippen molar-refractivity contribution >= 4 is 5.97 Å². The summed E-state index contributed by atoms with van der Waals surface area (Å²) in [5.74, 6) is -0.452. The van der Waals surface area contributed by atoms with Gasteiger partial charge < -0.3 is 4.74 Å². The number of methoxy groups -OCH3 is 1. The first-order chi connectivity index (χ1) is 5.77. The molecule has 0 saturated heterocycles. The number of hydrogen-bond acceptors (Lipinski definition) is 3. The number of nitrogens with zero attached hydrogens (tertiary/aromatic N) is 1. The van der Waals surface area contributed by atoms with Gasteiger partial charge in [0.15, 0.2) is 0 Å². The van der Waals surface area contributed by atoms with Gasteiger partial charge in [0.05, 0.1) is 25.0 Å². The predicted octanol–water partition coefficient (Wildman–Crippen LogP) is 1.27. The molecule has 0 aromatic carbocycles. The summed E-state index contributed by atoms with van der Waals surface area (Å²) in [5.41, 5.74) is 0. The molecule has 0 N–H and O–H groups in total. The smallest absolute Gasteiger partial charge is 0.309 e. The summed E-state index contributed by atoms with van der Waals surface area (Å²) < 4.78 is 4.60. The van der Waals surface area contributed by atoms with Crippen molar-refractivity contribution in [2.75, 3.05) is 7.11 Å². The SMILES string of the molecule is COC(=O)[C@@H]1CC=C[C@@H](C#N)C1. The molecule has 64 valence electrons. The maximum absolute atomic E-state index is 11.1. The number of allylic oxidation sites excluding steroid dienone is 2. The third-order valence-corrected chi connectivity index (χ3v) is 2.03. The van der Waals surface area contributed by atoms with Gasteiger partial charge in [-0.05, 0) is 12.8 Å². The quantitative estimate of drug-likeness (QED) is 0.434. The van der Waals surface area contributed by atoms with E-state index in [0.29, 0.717) is 12.8 Å². The Kier molecular flexibility index (Phi) is 2.87. The maximum atomic E-state index is 11.1. The molecular formula is C9H11NO2. The second kappa shape index (κ2) is 3.91. The minimum Gasteiger partial charge on any atom is -0.469 e. The zero-order chi connectivity index (χ0) is 8.97. The highest BCUT2D eigenvalue weighted by molar-refractivity contribution is 5.72. The van der Waals surface area contributed by atoms with Crippen LogP contribution in [0.3, 0.4) is 0 Å². The molecule has 1 rings (SSSR count). The van der Waals surface area contributed by atoms with Crippen LogP contribution < -0.4 is 0 Å². The molecule has 0 radical (unpaired) electrons. The Morgan fingerprint density at radius 1 is 1.75 bits per heavy atom. The van der Waals surface area contributed by atoms with Crippen LogP contribution in [0, 0.1) is 23.2 Å². The van der Waals surface area contributed by atoms with E-state index in [4.69, 9.17) is 5.26 Å². The molecule has 0 bridgehead atoms. The molecule has 1 aliphatic rings. The number of carbonyl (C=O) groups is 1. The zero-order valence-electron chi connectivity index (χ0n) is 6.99. The van der Waals surface area contributed by atoms with Gasteiger partial charge in [0.2, 0.25) is 0 Å². The van der Waals surface area contributed by atoms with Gasteiger partial charge >= 0.3 is 5.97 Å². The van der Waals surface area contributed by atoms with Gasteiger partial charge in [-0.2, -0.15) is 5.26 Å². The molecule has 0 unspecified atom stereocenters. The van der Waals surface area contributed by atoms with Crippen LogP contribution in [0.15, 0.2) is 12.2 Å². The molecule has 3 nitrogen and oxygen atoms in total. The first-order valence-electron chi connectivity index (χ1n) is 3.92. The number of nitriles is 1. The maximum Gasteiger partial charge on any atom is 0.309 e. The van der Waals surface area contributed by atoms with Crippen molar-refractivity contribution in [3.63, 3.8) is 0 Å². The van der Waals surface area contributed by atoms with Crippen molar-refractivity contribution in [2.24, 2.45) is 11.8 Å². The average Bonchev–Trinajstić information content (AvgIpc) is 2.17. The third kappa shape index (κ3) is 1.85. The summed E-state index contributed by atoms with van der Waals surface area (Å²) >= 11 is 0. The molecular weight excluding hydrogens is 154 g/mol. The minimum atomic E-state index is -0.209. The second-order valence-electron chi connectivity index (χ2n) is 2.86. The van der Waals surface area contributed by atoms with E-state index in [9.17, 15) is 4.79 Å². The molecule has 1 aliphatic carbocycles. The van der Waals surface area contributed by atoms with Crippen LogP contribution in [0.2, 0.25) is 0 Å². The lowest BCUT2D eigenvalue weighted by Crippen LogP contribution is -2.20. The van der Waals surface area contributed by atoms with Gasteiger partial charge in [-0.25, -0.2) is 0 Å². The topological polar surface area (TPSA) is 50.1 Å². The molecule has 0 amide bonds. The molecule has 3 heteroatoms. The van der Waals surface area contributed by atoms with Crippen molar-refractivity contribution in [3.05, 3.63) is 12.2 Å². The van der Waals surface area contributed by atoms with Crippen LogP contribution in [0.4, 0.5) is 0 Å². The minimum absolute atomic E-state index is 0.121. The van der Waals surface area contributed by atoms with Gasteiger partial charge in [-0.1, -0.05) is 12.2 Å². The predicted molar refractivity (Wildman–Crippen MR) is 43.0 cm³/mol. The van der Waals surface area contributed by atoms with Gasteiger partial charge in [-0.3, -0.25) is 4.79 Å². The van der Waals surface area contributed by atoms with Crippen LogP contribution >= 0.6 is 0 Å². The molecule has 0 aromatic rings. The highest BCUT2D eigenvalue weighted by Gasteiger charge is 2.24. The molecule has 0 spiro atoms. The Labute approximate surface area is 71.6 Å². The van der Waals surface area contributed by atoms with E-state index in [1.54, 1.807) is 0 Å². The van der Waals surface area contributed by atoms with Crippen molar-refractivity contribution < 1.29 is 9.53 Å². The van der Waals surface area contributed by atoms with Crippen LogP contribution in [0.1, 0.15) is 12.8 Å². The van der Waals surface area contributed by atoms with Gasteiger partial charge in [0, 0.05) is 0 Å². The Morgan fingerprint density at radius 2 is 2.50 bits per heavy atom. The van der Waals surface area contributed by atoms with Gasteiger partial charge in [0.25, 0.3) is 0 Å². The monoisotopic (exact) mass is 165 g/mol. The lowest BCUT2D eigenvalue weighted by molar-refractivity contribution is -0.145. The van der Waals surface area contributed by atoms with Crippen molar-refractivity contribution in [1.29, 1.82) is 5.26 Å². The van der Waals surface area contributed by atoms with E-state index in [2.05, 4.69) is 10.8 Å². The standard InChI is InChI=1S/C9H11NO2/c1-12-9(11)8-4-2-3-7(5-8)6-10/h2-3,7-8H,4-5H2,1H3/t7-,8-/m1/s1. The third-order valence-electron chi connectivity index (χ3n) is 2.03. The van der Waals surface area contributed by atoms with Crippen molar-refractivity contribution in [2.45, 2.75) is 12.8 Å². The average molecular weight is 165 g/mol. The molecule has 0 aliphatic heterocycles. The molecule has 0 saturated carbocycles. The lowest BCUT2D eigenvalue weighted by Gasteiger charge is -2.17. The van der Waals surface area contributed by atoms with Gasteiger partial charge in [0.1, 0.15) is 0 Å². The summed E-state index contributed by atoms with van der Waals surface area (Å²) in [4.78, 5) is 11.1. The Balaban J connectivity index is 2.57. The second-order valence-corrected chi connectivity index (χ2v) is 2.86. The Morgan fingerprint density at radius 3 is 3.08 bits per heavy atom. The van der Waals surface area contributed by atoms with Crippen LogP contribution in [-0.2, 0) is 9.53 Å². The number of carbonyl (C=O) groups excluding carboxylic acids is 1. The summed E-state index contributed by atoms with van der Waals surface area (Å²) in [6, 6.07) is 2.12. The fourth-order valence-corrected chi connectivity index (χ4v) is 1.34. The molecule has 0 heterocycles. The first kappa shape index (κ1) is 8.79. The summed E-state index contributed by atoms with van der Waals surface area (Å²) in [6.45, 7) is 0.